The Morgan fingerprint density at radius 3 is 2.50 bits per heavy atom. The van der Waals surface area contributed by atoms with Gasteiger partial charge in [-0.3, -0.25) is 10.1 Å². The zero-order valence-electron chi connectivity index (χ0n) is 17.6. The van der Waals surface area contributed by atoms with Gasteiger partial charge in [0.2, 0.25) is 10.0 Å². The molecule has 6 nitrogen and oxygen atoms in total. The standard InChI is InChI=1S/C24H23N3O3S2/c1-27(18-7-3-4-8-18)32(29,30)19-13-10-17(11-14-19)23(28)26-24-25-21-15-12-16-6-2-5-9-20(16)22(21)31-24/h2,5-6,9-15,18H,3-4,7-8H2,1H3,(H,25,26,28). The largest absolute Gasteiger partial charge is 0.298 e. The lowest BCUT2D eigenvalue weighted by Gasteiger charge is -2.23. The third kappa shape index (κ3) is 3.79. The molecule has 32 heavy (non-hydrogen) atoms. The first kappa shape index (κ1) is 21.1. The molecular weight excluding hydrogens is 442 g/mol. The third-order valence-electron chi connectivity index (χ3n) is 6.13. The number of hydrogen-bond acceptors (Lipinski definition) is 5. The van der Waals surface area contributed by atoms with Crippen LogP contribution >= 0.6 is 11.3 Å². The molecular formula is C24H23N3O3S2. The van der Waals surface area contributed by atoms with Crippen LogP contribution in [0.4, 0.5) is 5.13 Å². The summed E-state index contributed by atoms with van der Waals surface area (Å²) in [5.41, 5.74) is 1.22. The van der Waals surface area contributed by atoms with Gasteiger partial charge in [0, 0.05) is 24.0 Å². The second-order valence-corrected chi connectivity index (χ2v) is 11.1. The van der Waals surface area contributed by atoms with Crippen LogP contribution in [0.5, 0.6) is 0 Å². The van der Waals surface area contributed by atoms with Gasteiger partial charge in [-0.25, -0.2) is 13.4 Å². The van der Waals surface area contributed by atoms with E-state index in [-0.39, 0.29) is 16.8 Å². The average Bonchev–Trinajstić information content (AvgIpc) is 3.48. The second kappa shape index (κ2) is 8.27. The summed E-state index contributed by atoms with van der Waals surface area (Å²) in [7, 11) is -1.93. The zero-order valence-corrected chi connectivity index (χ0v) is 19.2. The Morgan fingerprint density at radius 1 is 1.03 bits per heavy atom. The summed E-state index contributed by atoms with van der Waals surface area (Å²) >= 11 is 1.43. The molecule has 3 aromatic carbocycles. The highest BCUT2D eigenvalue weighted by molar-refractivity contribution is 7.89. The smallest absolute Gasteiger partial charge is 0.257 e. The molecule has 0 bridgehead atoms. The van der Waals surface area contributed by atoms with Gasteiger partial charge in [-0.1, -0.05) is 54.5 Å². The molecule has 5 rings (SSSR count). The summed E-state index contributed by atoms with van der Waals surface area (Å²) in [6.07, 6.45) is 3.91. The highest BCUT2D eigenvalue weighted by Gasteiger charge is 2.30. The van der Waals surface area contributed by atoms with Crippen molar-refractivity contribution >= 4 is 53.4 Å². The molecule has 1 aliphatic carbocycles. The lowest BCUT2D eigenvalue weighted by molar-refractivity contribution is 0.102. The Bertz CT molecular complexity index is 1410. The number of nitrogens with one attached hydrogen (secondary N) is 1. The van der Waals surface area contributed by atoms with Gasteiger partial charge in [-0.2, -0.15) is 4.31 Å². The van der Waals surface area contributed by atoms with Crippen molar-refractivity contribution in [2.75, 3.05) is 12.4 Å². The van der Waals surface area contributed by atoms with Crippen LogP contribution in [0.1, 0.15) is 36.0 Å². The molecule has 8 heteroatoms. The maximum atomic E-state index is 12.9. The van der Waals surface area contributed by atoms with Gasteiger partial charge in [-0.05, 0) is 48.6 Å². The fourth-order valence-corrected chi connectivity index (χ4v) is 6.70. The second-order valence-electron chi connectivity index (χ2n) is 8.09. The maximum Gasteiger partial charge on any atom is 0.257 e. The van der Waals surface area contributed by atoms with Crippen LogP contribution in [0.15, 0.2) is 65.6 Å². The first-order valence-corrected chi connectivity index (χ1v) is 12.9. The van der Waals surface area contributed by atoms with Crippen molar-refractivity contribution in [1.82, 2.24) is 9.29 Å². The number of carbonyl (C=O) groups is 1. The quantitative estimate of drug-likeness (QED) is 0.436. The van der Waals surface area contributed by atoms with Crippen LogP contribution in [0.25, 0.3) is 21.0 Å². The molecule has 1 fully saturated rings. The number of aromatic nitrogens is 1. The number of fused-ring (bicyclic) bond motifs is 3. The van der Waals surface area contributed by atoms with E-state index < -0.39 is 10.0 Å². The minimum absolute atomic E-state index is 0.0538. The summed E-state index contributed by atoms with van der Waals surface area (Å²) in [6, 6.07) is 18.2. The highest BCUT2D eigenvalue weighted by Crippen LogP contribution is 2.33. The van der Waals surface area contributed by atoms with E-state index in [4.69, 9.17) is 0 Å². The van der Waals surface area contributed by atoms with Crippen LogP contribution < -0.4 is 5.32 Å². The minimum Gasteiger partial charge on any atom is -0.298 e. The molecule has 0 spiro atoms. The van der Waals surface area contributed by atoms with Gasteiger partial charge in [0.05, 0.1) is 15.1 Å². The maximum absolute atomic E-state index is 12.9. The molecule has 0 saturated heterocycles. The summed E-state index contributed by atoms with van der Waals surface area (Å²) in [6.45, 7) is 0. The lowest BCUT2D eigenvalue weighted by atomic mass is 10.1. The van der Waals surface area contributed by atoms with Crippen molar-refractivity contribution in [3.63, 3.8) is 0 Å². The monoisotopic (exact) mass is 465 g/mol. The number of sulfonamides is 1. The first-order valence-electron chi connectivity index (χ1n) is 10.6. The van der Waals surface area contributed by atoms with E-state index in [1.165, 1.54) is 27.8 Å². The van der Waals surface area contributed by atoms with Crippen molar-refractivity contribution in [3.05, 3.63) is 66.2 Å². The molecule has 0 unspecified atom stereocenters. The fraction of sp³-hybridized carbons (Fsp3) is 0.250. The van der Waals surface area contributed by atoms with Gasteiger partial charge < -0.3 is 0 Å². The summed E-state index contributed by atoms with van der Waals surface area (Å²) in [5, 5.41) is 5.59. The number of hydrogen-bond donors (Lipinski definition) is 1. The van der Waals surface area contributed by atoms with Crippen LogP contribution in [0.3, 0.4) is 0 Å². The molecule has 1 amide bonds. The van der Waals surface area contributed by atoms with E-state index in [1.807, 2.05) is 36.4 Å². The van der Waals surface area contributed by atoms with Crippen LogP contribution in [0.2, 0.25) is 0 Å². The zero-order chi connectivity index (χ0) is 22.3. The normalized spacial score (nSPS) is 15.1. The predicted molar refractivity (Wildman–Crippen MR) is 129 cm³/mol. The summed E-state index contributed by atoms with van der Waals surface area (Å²) < 4.78 is 28.3. The van der Waals surface area contributed by atoms with Crippen molar-refractivity contribution in [3.8, 4) is 0 Å². The molecule has 1 saturated carbocycles. The van der Waals surface area contributed by atoms with Crippen molar-refractivity contribution in [2.45, 2.75) is 36.6 Å². The van der Waals surface area contributed by atoms with Crippen LogP contribution in [-0.4, -0.2) is 36.7 Å². The summed E-state index contributed by atoms with van der Waals surface area (Å²) in [5.74, 6) is -0.318. The minimum atomic E-state index is -3.57. The number of benzene rings is 3. The number of anilines is 1. The molecule has 1 N–H and O–H groups in total. The van der Waals surface area contributed by atoms with E-state index in [1.54, 1.807) is 19.2 Å². The topological polar surface area (TPSA) is 79.4 Å². The first-order chi connectivity index (χ1) is 15.4. The lowest BCUT2D eigenvalue weighted by Crippen LogP contribution is -2.35. The molecule has 1 aliphatic rings. The average molecular weight is 466 g/mol. The van der Waals surface area contributed by atoms with E-state index in [0.29, 0.717) is 10.7 Å². The Kier molecular flexibility index (Phi) is 5.44. The molecule has 0 aliphatic heterocycles. The SMILES string of the molecule is CN(C1CCCC1)S(=O)(=O)c1ccc(C(=O)Nc2nc3ccc4ccccc4c3s2)cc1. The van der Waals surface area contributed by atoms with E-state index in [0.717, 1.165) is 46.7 Å². The third-order valence-corrected chi connectivity index (χ3v) is 9.08. The van der Waals surface area contributed by atoms with E-state index >= 15 is 0 Å². The van der Waals surface area contributed by atoms with Crippen LogP contribution in [0, 0.1) is 0 Å². The Balaban J connectivity index is 1.35. The van der Waals surface area contributed by atoms with Gasteiger partial charge in [0.15, 0.2) is 5.13 Å². The van der Waals surface area contributed by atoms with E-state index in [2.05, 4.69) is 10.3 Å². The molecule has 4 aromatic rings. The number of nitrogens with zero attached hydrogens (tertiary/aromatic N) is 2. The molecule has 0 radical (unpaired) electrons. The molecule has 0 atom stereocenters. The van der Waals surface area contributed by atoms with Crippen molar-refractivity contribution in [1.29, 1.82) is 0 Å². The number of carbonyl (C=O) groups excluding carboxylic acids is 1. The Hall–Kier alpha value is -2.81. The van der Waals surface area contributed by atoms with Crippen molar-refractivity contribution < 1.29 is 13.2 Å². The van der Waals surface area contributed by atoms with Gasteiger partial charge in [-0.15, -0.1) is 0 Å². The van der Waals surface area contributed by atoms with Gasteiger partial charge >= 0.3 is 0 Å². The fourth-order valence-electron chi connectivity index (χ4n) is 4.29. The van der Waals surface area contributed by atoms with Crippen LogP contribution in [-0.2, 0) is 10.0 Å². The van der Waals surface area contributed by atoms with Crippen molar-refractivity contribution in [2.24, 2.45) is 0 Å². The number of amides is 1. The molecule has 1 aromatic heterocycles. The molecule has 164 valence electrons. The molecule has 1 heterocycles. The Labute approximate surface area is 190 Å². The Morgan fingerprint density at radius 2 is 1.75 bits per heavy atom. The van der Waals surface area contributed by atoms with Gasteiger partial charge in [0.1, 0.15) is 0 Å². The number of rotatable bonds is 5. The predicted octanol–water partition coefficient (Wildman–Crippen LogP) is 5.26. The van der Waals surface area contributed by atoms with Gasteiger partial charge in [0.25, 0.3) is 5.91 Å². The number of thiazole rings is 1. The highest BCUT2D eigenvalue weighted by atomic mass is 32.2. The van der Waals surface area contributed by atoms with E-state index in [9.17, 15) is 13.2 Å². The summed E-state index contributed by atoms with van der Waals surface area (Å²) in [4.78, 5) is 17.5.